The highest BCUT2D eigenvalue weighted by Gasteiger charge is 2.11. The summed E-state index contributed by atoms with van der Waals surface area (Å²) >= 11 is 1.33. The van der Waals surface area contributed by atoms with Crippen LogP contribution in [0.25, 0.3) is 0 Å². The molecule has 0 fully saturated rings. The van der Waals surface area contributed by atoms with E-state index in [-0.39, 0.29) is 25.0 Å². The number of halogens is 1. The first-order chi connectivity index (χ1) is 7.59. The molecule has 1 atom stereocenters. The van der Waals surface area contributed by atoms with E-state index in [0.717, 1.165) is 0 Å². The Morgan fingerprint density at radius 3 is 2.82 bits per heavy atom. The van der Waals surface area contributed by atoms with Crippen molar-refractivity contribution in [2.24, 2.45) is 0 Å². The van der Waals surface area contributed by atoms with E-state index in [1.54, 1.807) is 12.1 Å². The number of thiophene rings is 1. The smallest absolute Gasteiger partial charge is 0.348 e. The third-order valence-electron chi connectivity index (χ3n) is 1.89. The lowest BCUT2D eigenvalue weighted by Crippen LogP contribution is -2.34. The number of aliphatic hydroxyl groups excluding tert-OH is 1. The fourth-order valence-electron chi connectivity index (χ4n) is 1.07. The zero-order valence-electron chi connectivity index (χ0n) is 9.88. The molecule has 1 heterocycles. The molecule has 0 aromatic carbocycles. The van der Waals surface area contributed by atoms with Crippen molar-refractivity contribution in [2.75, 3.05) is 13.2 Å². The molecule has 0 bridgehead atoms. The highest BCUT2D eigenvalue weighted by atomic mass is 35.5. The second-order valence-electron chi connectivity index (χ2n) is 3.79. The maximum Gasteiger partial charge on any atom is 0.348 e. The van der Waals surface area contributed by atoms with Gasteiger partial charge in [-0.15, -0.1) is 23.7 Å². The highest BCUT2D eigenvalue weighted by Crippen LogP contribution is 2.09. The largest absolute Gasteiger partial charge is 0.459 e. The van der Waals surface area contributed by atoms with Crippen molar-refractivity contribution >= 4 is 29.7 Å². The van der Waals surface area contributed by atoms with Crippen LogP contribution in [0.2, 0.25) is 0 Å². The molecule has 0 saturated heterocycles. The van der Waals surface area contributed by atoms with Crippen LogP contribution in [0.1, 0.15) is 23.5 Å². The number of hydrogen-bond acceptors (Lipinski definition) is 5. The van der Waals surface area contributed by atoms with Crippen LogP contribution in [0.15, 0.2) is 17.5 Å². The summed E-state index contributed by atoms with van der Waals surface area (Å²) in [6.07, 6.45) is -0.661. The molecule has 2 N–H and O–H groups in total. The fraction of sp³-hybridized carbons (Fsp3) is 0.545. The van der Waals surface area contributed by atoms with Gasteiger partial charge < -0.3 is 15.2 Å². The van der Waals surface area contributed by atoms with Gasteiger partial charge in [0.25, 0.3) is 0 Å². The molecule has 1 aromatic heterocycles. The van der Waals surface area contributed by atoms with Crippen molar-refractivity contribution in [1.29, 1.82) is 0 Å². The van der Waals surface area contributed by atoms with Gasteiger partial charge in [-0.25, -0.2) is 4.79 Å². The summed E-state index contributed by atoms with van der Waals surface area (Å²) in [5.41, 5.74) is 0. The van der Waals surface area contributed by atoms with Gasteiger partial charge in [0.1, 0.15) is 17.6 Å². The normalized spacial score (nSPS) is 12.0. The zero-order chi connectivity index (χ0) is 12.0. The summed E-state index contributed by atoms with van der Waals surface area (Å²) < 4.78 is 4.96. The van der Waals surface area contributed by atoms with E-state index in [4.69, 9.17) is 4.74 Å². The molecule has 0 aliphatic carbocycles. The number of nitrogens with one attached hydrogen (secondary N) is 1. The quantitative estimate of drug-likeness (QED) is 0.778. The van der Waals surface area contributed by atoms with Crippen molar-refractivity contribution in [3.05, 3.63) is 22.4 Å². The molecule has 0 saturated carbocycles. The summed E-state index contributed by atoms with van der Waals surface area (Å²) in [5, 5.41) is 14.4. The Bertz CT molecular complexity index is 317. The van der Waals surface area contributed by atoms with E-state index in [1.807, 2.05) is 19.2 Å². The summed E-state index contributed by atoms with van der Waals surface area (Å²) in [6.45, 7) is 4.43. The molecule has 1 aromatic rings. The first kappa shape index (κ1) is 16.4. The van der Waals surface area contributed by atoms with Gasteiger partial charge in [0.2, 0.25) is 0 Å². The average molecular weight is 280 g/mol. The molecule has 98 valence electrons. The van der Waals surface area contributed by atoms with Gasteiger partial charge in [0, 0.05) is 12.6 Å². The Morgan fingerprint density at radius 1 is 1.59 bits per heavy atom. The van der Waals surface area contributed by atoms with E-state index in [1.165, 1.54) is 11.3 Å². The molecule has 0 amide bonds. The number of carbonyl (C=O) groups is 1. The molecule has 17 heavy (non-hydrogen) atoms. The maximum absolute atomic E-state index is 11.4. The van der Waals surface area contributed by atoms with E-state index >= 15 is 0 Å². The standard InChI is InChI=1S/C11H17NO3S.ClH/c1-8(2)12-6-9(13)7-15-11(14)10-4-3-5-16-10;/h3-5,8-9,12-13H,6-7H2,1-2H3;1H. The second kappa shape index (κ2) is 8.47. The Kier molecular flexibility index (Phi) is 8.16. The predicted molar refractivity (Wildman–Crippen MR) is 71.0 cm³/mol. The van der Waals surface area contributed by atoms with Crippen LogP contribution < -0.4 is 5.32 Å². The monoisotopic (exact) mass is 279 g/mol. The SMILES string of the molecule is CC(C)NCC(O)COC(=O)c1cccs1.Cl. The molecule has 4 nitrogen and oxygen atoms in total. The van der Waals surface area contributed by atoms with Gasteiger partial charge in [0.15, 0.2) is 0 Å². The summed E-state index contributed by atoms with van der Waals surface area (Å²) in [7, 11) is 0. The minimum absolute atomic E-state index is 0. The Morgan fingerprint density at radius 2 is 2.29 bits per heavy atom. The highest BCUT2D eigenvalue weighted by molar-refractivity contribution is 7.11. The third-order valence-corrected chi connectivity index (χ3v) is 2.74. The van der Waals surface area contributed by atoms with Crippen LogP contribution in [0.3, 0.4) is 0 Å². The lowest BCUT2D eigenvalue weighted by atomic mass is 10.3. The minimum Gasteiger partial charge on any atom is -0.459 e. The maximum atomic E-state index is 11.4. The Labute approximate surface area is 111 Å². The van der Waals surface area contributed by atoms with Crippen molar-refractivity contribution in [3.8, 4) is 0 Å². The first-order valence-corrected chi connectivity index (χ1v) is 6.09. The second-order valence-corrected chi connectivity index (χ2v) is 4.74. The van der Waals surface area contributed by atoms with E-state index in [9.17, 15) is 9.90 Å². The molecule has 0 radical (unpaired) electrons. The molecular weight excluding hydrogens is 262 g/mol. The van der Waals surface area contributed by atoms with Crippen LogP contribution in [0.4, 0.5) is 0 Å². The number of ether oxygens (including phenoxy) is 1. The molecule has 0 aliphatic heterocycles. The van der Waals surface area contributed by atoms with Gasteiger partial charge in [-0.3, -0.25) is 0 Å². The molecular formula is C11H18ClNO3S. The lowest BCUT2D eigenvalue weighted by molar-refractivity contribution is 0.0261. The van der Waals surface area contributed by atoms with Crippen molar-refractivity contribution in [2.45, 2.75) is 26.0 Å². The lowest BCUT2D eigenvalue weighted by Gasteiger charge is -2.13. The van der Waals surface area contributed by atoms with Gasteiger partial charge in [-0.2, -0.15) is 0 Å². The summed E-state index contributed by atoms with van der Waals surface area (Å²) in [5.74, 6) is -0.376. The first-order valence-electron chi connectivity index (χ1n) is 5.21. The number of rotatable bonds is 6. The van der Waals surface area contributed by atoms with Crippen LogP contribution in [-0.2, 0) is 4.74 Å². The Hall–Kier alpha value is -0.620. The molecule has 6 heteroatoms. The zero-order valence-corrected chi connectivity index (χ0v) is 11.5. The fourth-order valence-corrected chi connectivity index (χ4v) is 1.68. The molecule has 1 unspecified atom stereocenters. The van der Waals surface area contributed by atoms with Crippen LogP contribution in [-0.4, -0.2) is 36.4 Å². The molecule has 0 spiro atoms. The number of carbonyl (C=O) groups excluding carboxylic acids is 1. The van der Waals surface area contributed by atoms with Crippen LogP contribution in [0, 0.1) is 0 Å². The van der Waals surface area contributed by atoms with Gasteiger partial charge in [-0.05, 0) is 11.4 Å². The van der Waals surface area contributed by atoms with E-state index in [0.29, 0.717) is 17.5 Å². The summed E-state index contributed by atoms with van der Waals surface area (Å²) in [6, 6.07) is 3.80. The van der Waals surface area contributed by atoms with Crippen molar-refractivity contribution < 1.29 is 14.6 Å². The third kappa shape index (κ3) is 6.63. The van der Waals surface area contributed by atoms with E-state index < -0.39 is 6.10 Å². The van der Waals surface area contributed by atoms with Crippen LogP contribution in [0.5, 0.6) is 0 Å². The average Bonchev–Trinajstić information content (AvgIpc) is 2.76. The van der Waals surface area contributed by atoms with Crippen LogP contribution >= 0.6 is 23.7 Å². The van der Waals surface area contributed by atoms with Crippen molar-refractivity contribution in [3.63, 3.8) is 0 Å². The van der Waals surface area contributed by atoms with Gasteiger partial charge >= 0.3 is 5.97 Å². The minimum atomic E-state index is -0.661. The molecule has 1 rings (SSSR count). The summed E-state index contributed by atoms with van der Waals surface area (Å²) in [4.78, 5) is 12.0. The van der Waals surface area contributed by atoms with E-state index in [2.05, 4.69) is 5.32 Å². The number of hydrogen-bond donors (Lipinski definition) is 2. The van der Waals surface area contributed by atoms with Gasteiger partial charge in [0.05, 0.1) is 0 Å². The molecule has 0 aliphatic rings. The number of esters is 1. The number of aliphatic hydroxyl groups is 1. The topological polar surface area (TPSA) is 58.6 Å². The Balaban J connectivity index is 0.00000256. The van der Waals surface area contributed by atoms with Gasteiger partial charge in [-0.1, -0.05) is 19.9 Å². The predicted octanol–water partition coefficient (Wildman–Crippen LogP) is 1.69. The van der Waals surface area contributed by atoms with Crippen molar-refractivity contribution in [1.82, 2.24) is 5.32 Å².